The lowest BCUT2D eigenvalue weighted by atomic mass is 9.68. The van der Waals surface area contributed by atoms with Gasteiger partial charge in [0.25, 0.3) is 0 Å². The molecule has 0 aromatic heterocycles. The van der Waals surface area contributed by atoms with Crippen molar-refractivity contribution in [3.8, 4) is 5.75 Å². The quantitative estimate of drug-likeness (QED) is 0.412. The van der Waals surface area contributed by atoms with Crippen LogP contribution in [0.1, 0.15) is 29.9 Å². The minimum Gasteiger partial charge on any atom is -0.492 e. The lowest BCUT2D eigenvalue weighted by Gasteiger charge is -2.32. The zero-order chi connectivity index (χ0) is 22.1. The number of benzene rings is 3. The Morgan fingerprint density at radius 1 is 0.688 bits per heavy atom. The number of fused-ring (bicyclic) bond motifs is 1. The highest BCUT2D eigenvalue weighted by molar-refractivity contribution is 6.23. The molecule has 2 aliphatic rings. The van der Waals surface area contributed by atoms with Gasteiger partial charge in [-0.25, -0.2) is 4.90 Å². The topological polar surface area (TPSA) is 46.6 Å². The minimum atomic E-state index is -0.463. The molecular formula is C28H25NO3. The van der Waals surface area contributed by atoms with Crippen LogP contribution in [0.15, 0.2) is 97.1 Å². The van der Waals surface area contributed by atoms with Crippen molar-refractivity contribution >= 4 is 17.5 Å². The normalized spacial score (nSPS) is 24.5. The maximum absolute atomic E-state index is 13.9. The number of carbonyl (C=O) groups is 2. The van der Waals surface area contributed by atoms with Crippen LogP contribution in [0.3, 0.4) is 0 Å². The van der Waals surface area contributed by atoms with E-state index >= 15 is 0 Å². The summed E-state index contributed by atoms with van der Waals surface area (Å²) in [6.07, 6.45) is 4.22. The monoisotopic (exact) mass is 423 g/mol. The molecule has 32 heavy (non-hydrogen) atoms. The molecular weight excluding hydrogens is 398 g/mol. The molecule has 0 radical (unpaired) electrons. The number of ether oxygens (including phenoxy) is 1. The number of para-hydroxylation sites is 2. The molecule has 0 bridgehead atoms. The van der Waals surface area contributed by atoms with Gasteiger partial charge in [0.15, 0.2) is 0 Å². The highest BCUT2D eigenvalue weighted by atomic mass is 16.5. The summed E-state index contributed by atoms with van der Waals surface area (Å²) >= 11 is 0. The smallest absolute Gasteiger partial charge is 0.238 e. The second-order valence-electron chi connectivity index (χ2n) is 8.22. The Morgan fingerprint density at radius 3 is 1.66 bits per heavy atom. The molecule has 3 aromatic rings. The molecule has 0 saturated carbocycles. The SMILES string of the molecule is CCOc1ccccc1N1C(=O)[C@H]2[C@H](C1=O)[C@H](c1ccccc1)C=C[C@@H]2c1ccccc1. The molecule has 4 atom stereocenters. The summed E-state index contributed by atoms with van der Waals surface area (Å²) in [5.41, 5.74) is 2.62. The first-order valence-corrected chi connectivity index (χ1v) is 11.1. The number of carbonyl (C=O) groups excluding carboxylic acids is 2. The van der Waals surface area contributed by atoms with Gasteiger partial charge in [0.05, 0.1) is 24.1 Å². The van der Waals surface area contributed by atoms with Crippen molar-refractivity contribution in [1.29, 1.82) is 0 Å². The van der Waals surface area contributed by atoms with Crippen LogP contribution in [0.25, 0.3) is 0 Å². The van der Waals surface area contributed by atoms with Crippen molar-refractivity contribution in [3.63, 3.8) is 0 Å². The number of amides is 2. The molecule has 0 unspecified atom stereocenters. The van der Waals surface area contributed by atoms with Gasteiger partial charge in [0.1, 0.15) is 5.75 Å². The third kappa shape index (κ3) is 3.32. The highest BCUT2D eigenvalue weighted by Crippen LogP contribution is 2.51. The maximum Gasteiger partial charge on any atom is 0.238 e. The van der Waals surface area contributed by atoms with Crippen molar-refractivity contribution < 1.29 is 14.3 Å². The fourth-order valence-electron chi connectivity index (χ4n) is 5.09. The van der Waals surface area contributed by atoms with Gasteiger partial charge in [0, 0.05) is 11.8 Å². The Balaban J connectivity index is 1.63. The van der Waals surface area contributed by atoms with Crippen molar-refractivity contribution in [2.75, 3.05) is 11.5 Å². The largest absolute Gasteiger partial charge is 0.492 e. The molecule has 1 saturated heterocycles. The summed E-state index contributed by atoms with van der Waals surface area (Å²) in [6.45, 7) is 2.35. The summed E-state index contributed by atoms with van der Waals surface area (Å²) in [6, 6.07) is 27.3. The summed E-state index contributed by atoms with van der Waals surface area (Å²) in [5.74, 6) is -0.998. The van der Waals surface area contributed by atoms with Gasteiger partial charge < -0.3 is 4.74 Å². The number of hydrogen-bond acceptors (Lipinski definition) is 3. The number of allylic oxidation sites excluding steroid dienone is 2. The molecule has 4 heteroatoms. The minimum absolute atomic E-state index is 0.151. The van der Waals surface area contributed by atoms with E-state index in [2.05, 4.69) is 12.2 Å². The summed E-state index contributed by atoms with van der Waals surface area (Å²) in [7, 11) is 0. The zero-order valence-corrected chi connectivity index (χ0v) is 17.9. The molecule has 2 amide bonds. The fraction of sp³-hybridized carbons (Fsp3) is 0.214. The van der Waals surface area contributed by atoms with Crippen molar-refractivity contribution in [1.82, 2.24) is 0 Å². The number of nitrogens with zero attached hydrogens (tertiary/aromatic N) is 1. The van der Waals surface area contributed by atoms with E-state index in [0.29, 0.717) is 18.0 Å². The maximum atomic E-state index is 13.9. The van der Waals surface area contributed by atoms with E-state index in [1.165, 1.54) is 4.90 Å². The van der Waals surface area contributed by atoms with Crippen LogP contribution >= 0.6 is 0 Å². The molecule has 1 fully saturated rings. The molecule has 1 heterocycles. The highest BCUT2D eigenvalue weighted by Gasteiger charge is 2.55. The van der Waals surface area contributed by atoms with Crippen LogP contribution in [-0.4, -0.2) is 18.4 Å². The predicted molar refractivity (Wildman–Crippen MR) is 125 cm³/mol. The van der Waals surface area contributed by atoms with E-state index in [9.17, 15) is 9.59 Å². The van der Waals surface area contributed by atoms with Gasteiger partial charge in [-0.05, 0) is 30.2 Å². The second kappa shape index (κ2) is 8.46. The first kappa shape index (κ1) is 20.3. The molecule has 5 rings (SSSR count). The average Bonchev–Trinajstić information content (AvgIpc) is 3.11. The van der Waals surface area contributed by atoms with Crippen LogP contribution in [0.5, 0.6) is 5.75 Å². The van der Waals surface area contributed by atoms with Crippen molar-refractivity contribution in [2.45, 2.75) is 18.8 Å². The standard InChI is InChI=1S/C28H25NO3/c1-2-32-24-16-10-9-15-23(24)29-27(30)25-21(19-11-5-3-6-12-19)17-18-22(26(25)28(29)31)20-13-7-4-8-14-20/h3-18,21-22,25-26H,2H2,1H3/t21-,22+,25-,26-/m1/s1. The van der Waals surface area contributed by atoms with Gasteiger partial charge in [-0.1, -0.05) is 84.9 Å². The molecule has 1 aliphatic heterocycles. The molecule has 0 spiro atoms. The molecule has 4 nitrogen and oxygen atoms in total. The van der Waals surface area contributed by atoms with Crippen LogP contribution < -0.4 is 9.64 Å². The Hall–Kier alpha value is -3.66. The number of imide groups is 1. The third-order valence-electron chi connectivity index (χ3n) is 6.47. The summed E-state index contributed by atoms with van der Waals surface area (Å²) in [4.78, 5) is 29.1. The van der Waals surface area contributed by atoms with Crippen LogP contribution in [0.2, 0.25) is 0 Å². The molecule has 160 valence electrons. The molecule has 3 aromatic carbocycles. The summed E-state index contributed by atoms with van der Waals surface area (Å²) < 4.78 is 5.76. The van der Waals surface area contributed by atoms with Gasteiger partial charge in [-0.3, -0.25) is 9.59 Å². The Morgan fingerprint density at radius 2 is 1.16 bits per heavy atom. The van der Waals surface area contributed by atoms with Gasteiger partial charge in [-0.15, -0.1) is 0 Å². The van der Waals surface area contributed by atoms with E-state index in [-0.39, 0.29) is 23.7 Å². The fourth-order valence-corrected chi connectivity index (χ4v) is 5.09. The number of anilines is 1. The van der Waals surface area contributed by atoms with Crippen LogP contribution in [0.4, 0.5) is 5.69 Å². The third-order valence-corrected chi connectivity index (χ3v) is 6.47. The van der Waals surface area contributed by atoms with E-state index in [1.54, 1.807) is 6.07 Å². The van der Waals surface area contributed by atoms with E-state index in [1.807, 2.05) is 85.8 Å². The van der Waals surface area contributed by atoms with Gasteiger partial charge in [-0.2, -0.15) is 0 Å². The second-order valence-corrected chi connectivity index (χ2v) is 8.22. The molecule has 0 N–H and O–H groups in total. The van der Waals surface area contributed by atoms with Crippen LogP contribution in [0, 0.1) is 11.8 Å². The molecule has 1 aliphatic carbocycles. The summed E-state index contributed by atoms with van der Waals surface area (Å²) in [5, 5.41) is 0. The van der Waals surface area contributed by atoms with E-state index in [4.69, 9.17) is 4.74 Å². The van der Waals surface area contributed by atoms with Gasteiger partial charge >= 0.3 is 0 Å². The predicted octanol–water partition coefficient (Wildman–Crippen LogP) is 5.33. The Bertz CT molecular complexity index is 1090. The zero-order valence-electron chi connectivity index (χ0n) is 17.9. The van der Waals surface area contributed by atoms with Gasteiger partial charge in [0.2, 0.25) is 11.8 Å². The van der Waals surface area contributed by atoms with Crippen molar-refractivity contribution in [2.24, 2.45) is 11.8 Å². The van der Waals surface area contributed by atoms with E-state index < -0.39 is 11.8 Å². The van der Waals surface area contributed by atoms with E-state index in [0.717, 1.165) is 11.1 Å². The lowest BCUT2D eigenvalue weighted by molar-refractivity contribution is -0.122. The van der Waals surface area contributed by atoms with Crippen LogP contribution in [-0.2, 0) is 9.59 Å². The Labute approximate surface area is 188 Å². The van der Waals surface area contributed by atoms with Crippen molar-refractivity contribution in [3.05, 3.63) is 108 Å². The Kier molecular flexibility index (Phi) is 5.36. The number of rotatable bonds is 5. The number of hydrogen-bond donors (Lipinski definition) is 0. The first-order valence-electron chi connectivity index (χ1n) is 11.1. The lowest BCUT2D eigenvalue weighted by Crippen LogP contribution is -2.32. The first-order chi connectivity index (χ1) is 15.7. The average molecular weight is 424 g/mol.